The summed E-state index contributed by atoms with van der Waals surface area (Å²) >= 11 is 6.30. The van der Waals surface area contributed by atoms with Gasteiger partial charge in [0.15, 0.2) is 0 Å². The third-order valence-corrected chi connectivity index (χ3v) is 5.92. The lowest BCUT2D eigenvalue weighted by molar-refractivity contribution is 0.278. The van der Waals surface area contributed by atoms with Crippen LogP contribution in [0.2, 0.25) is 5.02 Å². The molecular weight excluding hydrogens is 404 g/mol. The highest BCUT2D eigenvalue weighted by Gasteiger charge is 2.40. The highest BCUT2D eigenvalue weighted by Crippen LogP contribution is 2.46. The van der Waals surface area contributed by atoms with E-state index >= 15 is 0 Å². The summed E-state index contributed by atoms with van der Waals surface area (Å²) in [5.74, 6) is 1.24. The molecule has 30 heavy (non-hydrogen) atoms. The number of ether oxygens (including phenoxy) is 1. The first kappa shape index (κ1) is 20.4. The Hall–Kier alpha value is -2.87. The fourth-order valence-electron chi connectivity index (χ4n) is 3.51. The van der Waals surface area contributed by atoms with Gasteiger partial charge in [0.2, 0.25) is 5.88 Å². The van der Waals surface area contributed by atoms with Gasteiger partial charge in [-0.15, -0.1) is 5.10 Å². The molecule has 0 bridgehead atoms. The average Bonchev–Trinajstić information content (AvgIpc) is 3.44. The summed E-state index contributed by atoms with van der Waals surface area (Å²) < 4.78 is 8.89. The zero-order chi connectivity index (χ0) is 21.4. The number of nitrogens with one attached hydrogen (secondary N) is 1. The molecule has 1 N–H and O–H groups in total. The lowest BCUT2D eigenvalue weighted by Gasteiger charge is -2.11. The van der Waals surface area contributed by atoms with Crippen LogP contribution in [-0.2, 0) is 20.6 Å². The molecule has 0 saturated heterocycles. The smallest absolute Gasteiger partial charge is 0.290 e. The number of hydrogen-bond acceptors (Lipinski definition) is 6. The molecule has 3 aromatic rings. The van der Waals surface area contributed by atoms with Crippen molar-refractivity contribution < 1.29 is 4.74 Å². The Kier molecular flexibility index (Phi) is 5.51. The van der Waals surface area contributed by atoms with Gasteiger partial charge in [-0.25, -0.2) is 4.68 Å². The fourth-order valence-corrected chi connectivity index (χ4v) is 3.74. The van der Waals surface area contributed by atoms with Crippen molar-refractivity contribution >= 4 is 17.3 Å². The molecule has 158 valence electrons. The maximum atomic E-state index is 12.5. The van der Waals surface area contributed by atoms with E-state index < -0.39 is 0 Å². The Morgan fingerprint density at radius 3 is 2.70 bits per heavy atom. The molecule has 3 aromatic heterocycles. The molecular formula is C21H25ClN6O2. The van der Waals surface area contributed by atoms with Crippen LogP contribution in [0.25, 0.3) is 0 Å². The molecule has 1 aliphatic carbocycles. The maximum Gasteiger partial charge on any atom is 0.290 e. The Balaban J connectivity index is 1.41. The summed E-state index contributed by atoms with van der Waals surface area (Å²) in [4.78, 5) is 17.0. The van der Waals surface area contributed by atoms with Gasteiger partial charge in [0, 0.05) is 43.9 Å². The summed E-state index contributed by atoms with van der Waals surface area (Å²) in [6.45, 7) is 4.79. The van der Waals surface area contributed by atoms with Gasteiger partial charge >= 0.3 is 0 Å². The number of aromatic nitrogens is 5. The number of hydrogen-bond donors (Lipinski definition) is 1. The van der Waals surface area contributed by atoms with Crippen molar-refractivity contribution in [2.45, 2.75) is 32.7 Å². The van der Waals surface area contributed by atoms with Gasteiger partial charge in [-0.05, 0) is 31.9 Å². The highest BCUT2D eigenvalue weighted by molar-refractivity contribution is 6.31. The molecule has 3 heterocycles. The molecule has 9 heteroatoms. The fraction of sp³-hybridized carbons (Fsp3) is 0.429. The van der Waals surface area contributed by atoms with Gasteiger partial charge in [-0.3, -0.25) is 14.5 Å². The van der Waals surface area contributed by atoms with Crippen LogP contribution in [0.4, 0.5) is 5.69 Å². The second-order valence-corrected chi connectivity index (χ2v) is 8.20. The van der Waals surface area contributed by atoms with Crippen molar-refractivity contribution in [2.24, 2.45) is 20.0 Å². The lowest BCUT2D eigenvalue weighted by atomic mass is 10.2. The van der Waals surface area contributed by atoms with Crippen molar-refractivity contribution in [3.05, 3.63) is 62.4 Å². The van der Waals surface area contributed by atoms with Crippen LogP contribution >= 0.6 is 11.6 Å². The van der Waals surface area contributed by atoms with Crippen LogP contribution in [0.15, 0.2) is 29.2 Å². The number of nitrogens with zero attached hydrogens (tertiary/aromatic N) is 5. The minimum absolute atomic E-state index is 0.231. The Labute approximate surface area is 179 Å². The highest BCUT2D eigenvalue weighted by atomic mass is 35.5. The summed E-state index contributed by atoms with van der Waals surface area (Å²) in [5.41, 5.74) is 4.00. The van der Waals surface area contributed by atoms with Crippen molar-refractivity contribution in [2.75, 3.05) is 11.9 Å². The SMILES string of the molecule is Cc1ccc(C2CC2COc2cc(NCc3c(Cl)c(C)nn3C)c(=O)n(C)n2)nc1. The second-order valence-electron chi connectivity index (χ2n) is 7.82. The Morgan fingerprint density at radius 2 is 2.03 bits per heavy atom. The summed E-state index contributed by atoms with van der Waals surface area (Å²) in [7, 11) is 3.43. The molecule has 2 atom stereocenters. The minimum atomic E-state index is -0.231. The van der Waals surface area contributed by atoms with Crippen LogP contribution in [0.1, 0.15) is 35.0 Å². The van der Waals surface area contributed by atoms with Gasteiger partial charge in [0.05, 0.1) is 29.6 Å². The van der Waals surface area contributed by atoms with Gasteiger partial charge < -0.3 is 10.1 Å². The number of pyridine rings is 1. The molecule has 0 radical (unpaired) electrons. The minimum Gasteiger partial charge on any atom is -0.476 e. The molecule has 0 aliphatic heterocycles. The summed E-state index contributed by atoms with van der Waals surface area (Å²) in [6, 6.07) is 5.81. The standard InChI is InChI=1S/C21H25ClN6O2/c1-12-5-6-16(23-9-12)15-7-14(15)11-30-19-8-17(21(29)28(4)26-19)24-10-18-20(22)13(2)25-27(18)3/h5-6,8-9,14-15,24H,7,10-11H2,1-4H3. The predicted octanol–water partition coefficient (Wildman–Crippen LogP) is 2.97. The zero-order valence-electron chi connectivity index (χ0n) is 17.5. The van der Waals surface area contributed by atoms with E-state index in [0.29, 0.717) is 41.6 Å². The van der Waals surface area contributed by atoms with Gasteiger partial charge in [0.25, 0.3) is 5.56 Å². The van der Waals surface area contributed by atoms with E-state index in [1.165, 1.54) is 4.68 Å². The van der Waals surface area contributed by atoms with Crippen molar-refractivity contribution in [3.8, 4) is 5.88 Å². The van der Waals surface area contributed by atoms with E-state index in [9.17, 15) is 4.79 Å². The van der Waals surface area contributed by atoms with E-state index in [1.54, 1.807) is 17.8 Å². The van der Waals surface area contributed by atoms with E-state index in [4.69, 9.17) is 16.3 Å². The molecule has 0 amide bonds. The van der Waals surface area contributed by atoms with E-state index in [0.717, 1.165) is 29.1 Å². The molecule has 1 aliphatic rings. The Morgan fingerprint density at radius 1 is 1.23 bits per heavy atom. The van der Waals surface area contributed by atoms with Crippen LogP contribution in [0, 0.1) is 19.8 Å². The van der Waals surface area contributed by atoms with Crippen LogP contribution in [0.3, 0.4) is 0 Å². The maximum absolute atomic E-state index is 12.5. The van der Waals surface area contributed by atoms with Gasteiger partial charge in [-0.1, -0.05) is 17.7 Å². The number of anilines is 1. The first-order valence-electron chi connectivity index (χ1n) is 9.89. The van der Waals surface area contributed by atoms with Crippen molar-refractivity contribution in [1.82, 2.24) is 24.5 Å². The molecule has 0 aromatic carbocycles. The Bertz CT molecular complexity index is 1120. The van der Waals surface area contributed by atoms with Crippen molar-refractivity contribution in [3.63, 3.8) is 0 Å². The van der Waals surface area contributed by atoms with Crippen molar-refractivity contribution in [1.29, 1.82) is 0 Å². The lowest BCUT2D eigenvalue weighted by Crippen LogP contribution is -2.24. The predicted molar refractivity (Wildman–Crippen MR) is 115 cm³/mol. The van der Waals surface area contributed by atoms with E-state index in [-0.39, 0.29) is 5.56 Å². The summed E-state index contributed by atoms with van der Waals surface area (Å²) in [5, 5.41) is 12.2. The molecule has 0 spiro atoms. The normalized spacial score (nSPS) is 17.8. The monoisotopic (exact) mass is 428 g/mol. The van der Waals surface area contributed by atoms with Crippen LogP contribution < -0.4 is 15.6 Å². The van der Waals surface area contributed by atoms with Crippen LogP contribution in [0.5, 0.6) is 5.88 Å². The quantitative estimate of drug-likeness (QED) is 0.622. The number of aryl methyl sites for hydroxylation is 4. The topological polar surface area (TPSA) is 86.9 Å². The first-order valence-corrected chi connectivity index (χ1v) is 10.3. The van der Waals surface area contributed by atoms with E-state index in [1.807, 2.05) is 27.1 Å². The average molecular weight is 429 g/mol. The van der Waals surface area contributed by atoms with Gasteiger partial charge in [0.1, 0.15) is 5.69 Å². The van der Waals surface area contributed by atoms with Crippen LogP contribution in [-0.4, -0.2) is 31.2 Å². The zero-order valence-corrected chi connectivity index (χ0v) is 18.3. The molecule has 2 unspecified atom stereocenters. The summed E-state index contributed by atoms with van der Waals surface area (Å²) in [6.07, 6.45) is 2.94. The molecule has 1 saturated carbocycles. The third kappa shape index (κ3) is 4.18. The molecule has 4 rings (SSSR count). The van der Waals surface area contributed by atoms with E-state index in [2.05, 4.69) is 32.6 Å². The third-order valence-electron chi connectivity index (χ3n) is 5.43. The second kappa shape index (κ2) is 8.10. The van der Waals surface area contributed by atoms with Gasteiger partial charge in [-0.2, -0.15) is 5.10 Å². The largest absolute Gasteiger partial charge is 0.476 e. The number of halogens is 1. The number of rotatable bonds is 7. The molecule has 1 fully saturated rings. The first-order chi connectivity index (χ1) is 14.3. The molecule has 8 nitrogen and oxygen atoms in total.